The molecule has 0 saturated carbocycles. The minimum atomic E-state index is -0.532. The highest BCUT2D eigenvalue weighted by Gasteiger charge is 2.12. The molecular formula is C18H17N3O4S. The average Bonchev–Trinajstić information content (AvgIpc) is 2.60. The summed E-state index contributed by atoms with van der Waals surface area (Å²) in [5, 5.41) is 16.2. The van der Waals surface area contributed by atoms with Gasteiger partial charge in [-0.2, -0.15) is 0 Å². The fourth-order valence-electron chi connectivity index (χ4n) is 1.96. The Morgan fingerprint density at radius 2 is 1.88 bits per heavy atom. The lowest BCUT2D eigenvalue weighted by Crippen LogP contribution is -2.34. The third-order valence-electron chi connectivity index (χ3n) is 3.18. The lowest BCUT2D eigenvalue weighted by molar-refractivity contribution is -0.384. The molecule has 134 valence electrons. The van der Waals surface area contributed by atoms with Crippen LogP contribution in [0.15, 0.2) is 60.7 Å². The zero-order valence-electron chi connectivity index (χ0n) is 14.0. The molecule has 8 heteroatoms. The van der Waals surface area contributed by atoms with E-state index in [1.54, 1.807) is 18.2 Å². The fraction of sp³-hybridized carbons (Fsp3) is 0.111. The normalized spacial score (nSPS) is 9.88. The first kappa shape index (κ1) is 19.1. The molecule has 0 atom stereocenters. The molecule has 0 bridgehead atoms. The number of nitro groups is 1. The molecule has 0 radical (unpaired) electrons. The van der Waals surface area contributed by atoms with E-state index in [4.69, 9.17) is 17.0 Å². The Morgan fingerprint density at radius 3 is 2.50 bits per heavy atom. The first-order valence-corrected chi connectivity index (χ1v) is 8.00. The van der Waals surface area contributed by atoms with Gasteiger partial charge in [-0.3, -0.25) is 20.2 Å². The van der Waals surface area contributed by atoms with Crippen LogP contribution in [0, 0.1) is 10.1 Å². The van der Waals surface area contributed by atoms with Crippen LogP contribution in [0.1, 0.15) is 17.3 Å². The first-order chi connectivity index (χ1) is 12.4. The summed E-state index contributed by atoms with van der Waals surface area (Å²) in [6, 6.07) is 12.4. The predicted octanol–water partition coefficient (Wildman–Crippen LogP) is 3.68. The molecule has 0 unspecified atom stereocenters. The number of non-ortho nitro benzene ring substituents is 1. The lowest BCUT2D eigenvalue weighted by atomic mass is 10.2. The number of nitrogens with zero attached hydrogens (tertiary/aromatic N) is 1. The van der Waals surface area contributed by atoms with Gasteiger partial charge in [0, 0.05) is 17.7 Å². The van der Waals surface area contributed by atoms with Crippen LogP contribution in [0.5, 0.6) is 5.75 Å². The maximum absolute atomic E-state index is 12.2. The van der Waals surface area contributed by atoms with Crippen molar-refractivity contribution in [3.63, 3.8) is 0 Å². The monoisotopic (exact) mass is 371 g/mol. The second-order valence-electron chi connectivity index (χ2n) is 5.45. The molecule has 26 heavy (non-hydrogen) atoms. The van der Waals surface area contributed by atoms with E-state index < -0.39 is 10.8 Å². The summed E-state index contributed by atoms with van der Waals surface area (Å²) >= 11 is 5.15. The number of carbonyl (C=O) groups is 1. The van der Waals surface area contributed by atoms with E-state index >= 15 is 0 Å². The van der Waals surface area contributed by atoms with Crippen molar-refractivity contribution in [3.05, 3.63) is 76.4 Å². The zero-order chi connectivity index (χ0) is 19.1. The van der Waals surface area contributed by atoms with Gasteiger partial charge in [-0.1, -0.05) is 18.7 Å². The molecule has 0 fully saturated rings. The average molecular weight is 371 g/mol. The Balaban J connectivity index is 2.01. The molecule has 0 heterocycles. The Labute approximate surface area is 155 Å². The number of hydrogen-bond acceptors (Lipinski definition) is 5. The van der Waals surface area contributed by atoms with Crippen LogP contribution in [0.4, 0.5) is 11.4 Å². The van der Waals surface area contributed by atoms with Crippen LogP contribution in [-0.4, -0.2) is 22.5 Å². The molecule has 2 rings (SSSR count). The lowest BCUT2D eigenvalue weighted by Gasteiger charge is -2.14. The number of amides is 1. The SMILES string of the molecule is C=C(C)COc1ccccc1NC(=S)NC(=O)c1ccc([N+](=O)[O-])cc1. The Bertz CT molecular complexity index is 850. The van der Waals surface area contributed by atoms with Crippen molar-refractivity contribution < 1.29 is 14.5 Å². The number of thiocarbonyl (C=S) groups is 1. The number of benzene rings is 2. The minimum Gasteiger partial charge on any atom is -0.487 e. The zero-order valence-corrected chi connectivity index (χ0v) is 14.8. The molecule has 0 spiro atoms. The molecule has 0 saturated heterocycles. The number of para-hydroxylation sites is 2. The number of ether oxygens (including phenoxy) is 1. The van der Waals surface area contributed by atoms with Crippen molar-refractivity contribution >= 4 is 34.6 Å². The van der Waals surface area contributed by atoms with Gasteiger partial charge >= 0.3 is 0 Å². The summed E-state index contributed by atoms with van der Waals surface area (Å²) in [6.07, 6.45) is 0. The van der Waals surface area contributed by atoms with Gasteiger partial charge in [0.2, 0.25) is 0 Å². The van der Waals surface area contributed by atoms with Gasteiger partial charge in [0.15, 0.2) is 5.11 Å². The highest BCUT2D eigenvalue weighted by molar-refractivity contribution is 7.80. The van der Waals surface area contributed by atoms with Crippen molar-refractivity contribution in [1.82, 2.24) is 5.32 Å². The van der Waals surface area contributed by atoms with Crippen molar-refractivity contribution in [2.24, 2.45) is 0 Å². The van der Waals surface area contributed by atoms with Gasteiger partial charge in [-0.25, -0.2) is 0 Å². The van der Waals surface area contributed by atoms with Crippen molar-refractivity contribution in [3.8, 4) is 5.75 Å². The summed E-state index contributed by atoms with van der Waals surface area (Å²) in [7, 11) is 0. The maximum atomic E-state index is 12.2. The molecule has 2 aromatic rings. The van der Waals surface area contributed by atoms with Crippen LogP contribution < -0.4 is 15.4 Å². The molecule has 0 aromatic heterocycles. The van der Waals surface area contributed by atoms with Crippen LogP contribution in [-0.2, 0) is 0 Å². The number of anilines is 1. The number of rotatable bonds is 6. The molecule has 7 nitrogen and oxygen atoms in total. The molecule has 2 N–H and O–H groups in total. The third-order valence-corrected chi connectivity index (χ3v) is 3.38. The van der Waals surface area contributed by atoms with E-state index in [1.165, 1.54) is 24.3 Å². The predicted molar refractivity (Wildman–Crippen MR) is 104 cm³/mol. The van der Waals surface area contributed by atoms with Gasteiger partial charge in [0.1, 0.15) is 12.4 Å². The van der Waals surface area contributed by atoms with Crippen molar-refractivity contribution in [2.75, 3.05) is 11.9 Å². The largest absolute Gasteiger partial charge is 0.487 e. The standard InChI is InChI=1S/C18H17N3O4S/c1-12(2)11-25-16-6-4-3-5-15(16)19-18(26)20-17(22)13-7-9-14(10-8-13)21(23)24/h3-10H,1,11H2,2H3,(H2,19,20,22,26). The second kappa shape index (κ2) is 8.72. The number of hydrogen-bond donors (Lipinski definition) is 2. The Morgan fingerprint density at radius 1 is 1.23 bits per heavy atom. The van der Waals surface area contributed by atoms with E-state index in [0.29, 0.717) is 18.0 Å². The van der Waals surface area contributed by atoms with E-state index in [2.05, 4.69) is 17.2 Å². The fourth-order valence-corrected chi connectivity index (χ4v) is 2.16. The molecule has 0 aliphatic rings. The van der Waals surface area contributed by atoms with Crippen molar-refractivity contribution in [2.45, 2.75) is 6.92 Å². The van der Waals surface area contributed by atoms with Gasteiger partial charge < -0.3 is 10.1 Å². The van der Waals surface area contributed by atoms with Crippen LogP contribution in [0.2, 0.25) is 0 Å². The number of nitrogens with one attached hydrogen (secondary N) is 2. The summed E-state index contributed by atoms with van der Waals surface area (Å²) < 4.78 is 5.63. The molecular weight excluding hydrogens is 354 g/mol. The van der Waals surface area contributed by atoms with Gasteiger partial charge in [0.25, 0.3) is 11.6 Å². The summed E-state index contributed by atoms with van der Waals surface area (Å²) in [6.45, 7) is 5.99. The van der Waals surface area contributed by atoms with E-state index in [0.717, 1.165) is 5.57 Å². The van der Waals surface area contributed by atoms with Crippen LogP contribution in [0.3, 0.4) is 0 Å². The summed E-state index contributed by atoms with van der Waals surface area (Å²) in [4.78, 5) is 22.3. The Hall–Kier alpha value is -3.26. The first-order valence-electron chi connectivity index (χ1n) is 7.60. The molecule has 0 aliphatic heterocycles. The topological polar surface area (TPSA) is 93.5 Å². The van der Waals surface area contributed by atoms with Gasteiger partial charge in [0.05, 0.1) is 10.6 Å². The van der Waals surface area contributed by atoms with Crippen molar-refractivity contribution in [1.29, 1.82) is 0 Å². The number of nitro benzene ring substituents is 1. The highest BCUT2D eigenvalue weighted by atomic mass is 32.1. The van der Waals surface area contributed by atoms with Crippen LogP contribution >= 0.6 is 12.2 Å². The van der Waals surface area contributed by atoms with E-state index in [1.807, 2.05) is 13.0 Å². The summed E-state index contributed by atoms with van der Waals surface area (Å²) in [5.41, 5.74) is 1.63. The minimum absolute atomic E-state index is 0.0831. The van der Waals surface area contributed by atoms with Gasteiger partial charge in [-0.15, -0.1) is 0 Å². The molecule has 1 amide bonds. The Kier molecular flexibility index (Phi) is 6.40. The number of carbonyl (C=O) groups excluding carboxylic acids is 1. The quantitative estimate of drug-likeness (QED) is 0.348. The smallest absolute Gasteiger partial charge is 0.269 e. The molecule has 2 aromatic carbocycles. The highest BCUT2D eigenvalue weighted by Crippen LogP contribution is 2.24. The van der Waals surface area contributed by atoms with Crippen LogP contribution in [0.25, 0.3) is 0 Å². The third kappa shape index (κ3) is 5.38. The maximum Gasteiger partial charge on any atom is 0.269 e. The summed E-state index contributed by atoms with van der Waals surface area (Å²) in [5.74, 6) is 0.0974. The van der Waals surface area contributed by atoms with E-state index in [-0.39, 0.29) is 16.4 Å². The van der Waals surface area contributed by atoms with Gasteiger partial charge in [-0.05, 0) is 49.0 Å². The molecule has 0 aliphatic carbocycles. The van der Waals surface area contributed by atoms with E-state index in [9.17, 15) is 14.9 Å². The second-order valence-corrected chi connectivity index (χ2v) is 5.86.